The highest BCUT2D eigenvalue weighted by molar-refractivity contribution is 9.10. The first-order valence-electron chi connectivity index (χ1n) is 7.37. The van der Waals surface area contributed by atoms with Crippen molar-refractivity contribution >= 4 is 49.6 Å². The molecule has 0 bridgehead atoms. The van der Waals surface area contributed by atoms with E-state index in [1.54, 1.807) is 34.8 Å². The predicted molar refractivity (Wildman–Crippen MR) is 97.7 cm³/mol. The number of aromatic nitrogens is 2. The topological polar surface area (TPSA) is 62.5 Å². The van der Waals surface area contributed by atoms with Crippen LogP contribution < -0.4 is 4.90 Å². The number of halogens is 1. The van der Waals surface area contributed by atoms with Gasteiger partial charge in [-0.3, -0.25) is 4.79 Å². The van der Waals surface area contributed by atoms with Crippen molar-refractivity contribution < 1.29 is 9.21 Å². The SMILES string of the molecule is O=C(c1ccc(Br)o1)N1CCN(c2nnc(-c3cccs3)s2)CC1. The van der Waals surface area contributed by atoms with Crippen LogP contribution >= 0.6 is 38.6 Å². The summed E-state index contributed by atoms with van der Waals surface area (Å²) in [5, 5.41) is 12.5. The minimum Gasteiger partial charge on any atom is -0.444 e. The normalized spacial score (nSPS) is 15.0. The van der Waals surface area contributed by atoms with E-state index in [1.165, 1.54) is 0 Å². The fraction of sp³-hybridized carbons (Fsp3) is 0.267. The van der Waals surface area contributed by atoms with Crippen LogP contribution in [-0.2, 0) is 0 Å². The molecule has 0 spiro atoms. The Morgan fingerprint density at radius 2 is 2.00 bits per heavy atom. The van der Waals surface area contributed by atoms with E-state index < -0.39 is 0 Å². The van der Waals surface area contributed by atoms with Crippen LogP contribution in [-0.4, -0.2) is 47.2 Å². The van der Waals surface area contributed by atoms with Gasteiger partial charge in [0.25, 0.3) is 5.91 Å². The zero-order chi connectivity index (χ0) is 16.5. The number of nitrogens with zero attached hydrogens (tertiary/aromatic N) is 4. The van der Waals surface area contributed by atoms with Gasteiger partial charge in [0.05, 0.1) is 4.88 Å². The summed E-state index contributed by atoms with van der Waals surface area (Å²) in [6, 6.07) is 7.49. The molecule has 3 aromatic heterocycles. The van der Waals surface area contributed by atoms with E-state index >= 15 is 0 Å². The van der Waals surface area contributed by atoms with Crippen molar-refractivity contribution in [3.63, 3.8) is 0 Å². The van der Waals surface area contributed by atoms with E-state index in [0.717, 1.165) is 28.1 Å². The van der Waals surface area contributed by atoms with Crippen molar-refractivity contribution in [1.29, 1.82) is 0 Å². The van der Waals surface area contributed by atoms with Crippen molar-refractivity contribution in [1.82, 2.24) is 15.1 Å². The summed E-state index contributed by atoms with van der Waals surface area (Å²) in [6.45, 7) is 2.77. The summed E-state index contributed by atoms with van der Waals surface area (Å²) < 4.78 is 5.92. The second-order valence-corrected chi connectivity index (χ2v) is 7.94. The third-order valence-electron chi connectivity index (χ3n) is 3.77. The molecule has 1 fully saturated rings. The molecule has 3 aromatic rings. The Balaban J connectivity index is 1.40. The van der Waals surface area contributed by atoms with Crippen LogP contribution in [0.1, 0.15) is 10.6 Å². The maximum atomic E-state index is 12.4. The minimum atomic E-state index is -0.0723. The van der Waals surface area contributed by atoms with Crippen molar-refractivity contribution in [2.45, 2.75) is 0 Å². The zero-order valence-corrected chi connectivity index (χ0v) is 15.7. The maximum absolute atomic E-state index is 12.4. The molecule has 0 aliphatic carbocycles. The number of carbonyl (C=O) groups is 1. The number of furan rings is 1. The van der Waals surface area contributed by atoms with Gasteiger partial charge in [-0.05, 0) is 39.5 Å². The van der Waals surface area contributed by atoms with Crippen molar-refractivity contribution in [2.24, 2.45) is 0 Å². The molecule has 4 heterocycles. The molecule has 124 valence electrons. The zero-order valence-electron chi connectivity index (χ0n) is 12.5. The Morgan fingerprint density at radius 1 is 1.17 bits per heavy atom. The summed E-state index contributed by atoms with van der Waals surface area (Å²) in [6.07, 6.45) is 0. The number of rotatable bonds is 3. The third kappa shape index (κ3) is 3.11. The summed E-state index contributed by atoms with van der Waals surface area (Å²) in [4.78, 5) is 17.5. The van der Waals surface area contributed by atoms with Crippen LogP contribution in [0.25, 0.3) is 9.88 Å². The highest BCUT2D eigenvalue weighted by atomic mass is 79.9. The van der Waals surface area contributed by atoms with Gasteiger partial charge in [-0.1, -0.05) is 17.4 Å². The van der Waals surface area contributed by atoms with E-state index in [0.29, 0.717) is 23.5 Å². The number of thiophene rings is 1. The molecule has 0 unspecified atom stereocenters. The lowest BCUT2D eigenvalue weighted by molar-refractivity contribution is 0.0713. The molecule has 9 heteroatoms. The van der Waals surface area contributed by atoms with Gasteiger partial charge in [-0.15, -0.1) is 21.5 Å². The van der Waals surface area contributed by atoms with E-state index in [9.17, 15) is 4.79 Å². The van der Waals surface area contributed by atoms with E-state index in [1.807, 2.05) is 22.4 Å². The van der Waals surface area contributed by atoms with Crippen LogP contribution in [0.15, 0.2) is 38.7 Å². The quantitative estimate of drug-likeness (QED) is 0.642. The monoisotopic (exact) mass is 424 g/mol. The number of anilines is 1. The Labute approximate surface area is 154 Å². The molecular weight excluding hydrogens is 412 g/mol. The molecule has 6 nitrogen and oxygen atoms in total. The Bertz CT molecular complexity index is 837. The van der Waals surface area contributed by atoms with Gasteiger partial charge in [-0.2, -0.15) is 0 Å². The van der Waals surface area contributed by atoms with E-state index in [4.69, 9.17) is 4.42 Å². The van der Waals surface area contributed by atoms with Crippen molar-refractivity contribution in [3.05, 3.63) is 40.1 Å². The number of piperazine rings is 1. The van der Waals surface area contributed by atoms with Gasteiger partial charge >= 0.3 is 0 Å². The molecule has 0 radical (unpaired) electrons. The molecule has 24 heavy (non-hydrogen) atoms. The Morgan fingerprint density at radius 3 is 2.67 bits per heavy atom. The van der Waals surface area contributed by atoms with Crippen LogP contribution in [0.4, 0.5) is 5.13 Å². The lowest BCUT2D eigenvalue weighted by Gasteiger charge is -2.33. The number of carbonyl (C=O) groups excluding carboxylic acids is 1. The van der Waals surface area contributed by atoms with Crippen LogP contribution in [0.5, 0.6) is 0 Å². The van der Waals surface area contributed by atoms with Gasteiger partial charge in [0.2, 0.25) is 5.13 Å². The molecule has 0 saturated carbocycles. The summed E-state index contributed by atoms with van der Waals surface area (Å²) in [5.74, 6) is 0.295. The highest BCUT2D eigenvalue weighted by Gasteiger charge is 2.25. The van der Waals surface area contributed by atoms with Crippen LogP contribution in [0, 0.1) is 0 Å². The first-order valence-corrected chi connectivity index (χ1v) is 9.86. The van der Waals surface area contributed by atoms with Crippen LogP contribution in [0.2, 0.25) is 0 Å². The lowest BCUT2D eigenvalue weighted by atomic mass is 10.3. The van der Waals surface area contributed by atoms with Gasteiger partial charge in [0.15, 0.2) is 15.4 Å². The molecule has 4 rings (SSSR count). The van der Waals surface area contributed by atoms with Gasteiger partial charge in [-0.25, -0.2) is 0 Å². The Hall–Kier alpha value is -1.71. The second-order valence-electron chi connectivity index (χ2n) is 5.25. The molecule has 0 atom stereocenters. The molecule has 1 saturated heterocycles. The molecule has 1 aliphatic rings. The predicted octanol–water partition coefficient (Wildman–Crippen LogP) is 3.58. The van der Waals surface area contributed by atoms with Crippen molar-refractivity contribution in [2.75, 3.05) is 31.1 Å². The first kappa shape index (κ1) is 15.8. The average molecular weight is 425 g/mol. The second kappa shape index (κ2) is 6.66. The molecular formula is C15H13BrN4O2S2. The standard InChI is InChI=1S/C15H13BrN4O2S2/c16-12-4-3-10(22-12)14(21)19-5-7-20(8-6-19)15-18-17-13(24-15)11-2-1-9-23-11/h1-4,9H,5-8H2. The van der Waals surface area contributed by atoms with Crippen molar-refractivity contribution in [3.8, 4) is 9.88 Å². The van der Waals surface area contributed by atoms with Crippen LogP contribution in [0.3, 0.4) is 0 Å². The summed E-state index contributed by atoms with van der Waals surface area (Å²) >= 11 is 6.48. The average Bonchev–Trinajstić information content (AvgIpc) is 3.35. The fourth-order valence-corrected chi connectivity index (χ4v) is 4.52. The highest BCUT2D eigenvalue weighted by Crippen LogP contribution is 2.32. The molecule has 1 aliphatic heterocycles. The van der Waals surface area contributed by atoms with Gasteiger partial charge < -0.3 is 14.2 Å². The number of hydrogen-bond acceptors (Lipinski definition) is 7. The smallest absolute Gasteiger partial charge is 0.289 e. The Kier molecular flexibility index (Phi) is 4.38. The third-order valence-corrected chi connectivity index (χ3v) is 6.22. The van der Waals surface area contributed by atoms with E-state index in [2.05, 4.69) is 31.0 Å². The van der Waals surface area contributed by atoms with E-state index in [-0.39, 0.29) is 5.91 Å². The van der Waals surface area contributed by atoms with Gasteiger partial charge in [0.1, 0.15) is 0 Å². The first-order chi connectivity index (χ1) is 11.7. The molecule has 1 amide bonds. The minimum absolute atomic E-state index is 0.0723. The lowest BCUT2D eigenvalue weighted by Crippen LogP contribution is -2.48. The number of hydrogen-bond donors (Lipinski definition) is 0. The summed E-state index contributed by atoms with van der Waals surface area (Å²) in [5.41, 5.74) is 0. The fourth-order valence-electron chi connectivity index (χ4n) is 2.53. The maximum Gasteiger partial charge on any atom is 0.289 e. The largest absolute Gasteiger partial charge is 0.444 e. The molecule has 0 aromatic carbocycles. The van der Waals surface area contributed by atoms with Gasteiger partial charge in [0, 0.05) is 26.2 Å². The number of amides is 1. The summed E-state index contributed by atoms with van der Waals surface area (Å²) in [7, 11) is 0. The molecule has 0 N–H and O–H groups in total.